The number of halogens is 2. The third-order valence-corrected chi connectivity index (χ3v) is 3.27. The van der Waals surface area contributed by atoms with Crippen LogP contribution in [0, 0.1) is 5.82 Å². The minimum atomic E-state index is -0.356. The van der Waals surface area contributed by atoms with Crippen LogP contribution >= 0.6 is 11.6 Å². The predicted octanol–water partition coefficient (Wildman–Crippen LogP) is 4.02. The molecule has 1 aromatic rings. The van der Waals surface area contributed by atoms with Gasteiger partial charge in [0.25, 0.3) is 0 Å². The number of nitrogens with one attached hydrogen (secondary N) is 1. The SMILES string of the molecule is CCC(C)(C)NCC(C)Oc1ccc(F)cc1Cl. The molecule has 0 aromatic heterocycles. The molecule has 4 heteroatoms. The summed E-state index contributed by atoms with van der Waals surface area (Å²) in [5.74, 6) is 0.159. The lowest BCUT2D eigenvalue weighted by Gasteiger charge is -2.27. The van der Waals surface area contributed by atoms with E-state index in [0.29, 0.717) is 17.3 Å². The standard InChI is InChI=1S/C14H21ClFNO/c1-5-14(3,4)17-9-10(2)18-13-7-6-11(16)8-12(13)15/h6-8,10,17H,5,9H2,1-4H3. The van der Waals surface area contributed by atoms with Gasteiger partial charge in [0.1, 0.15) is 17.7 Å². The van der Waals surface area contributed by atoms with Gasteiger partial charge in [-0.25, -0.2) is 4.39 Å². The first-order chi connectivity index (χ1) is 8.34. The van der Waals surface area contributed by atoms with Crippen LogP contribution in [0.3, 0.4) is 0 Å². The van der Waals surface area contributed by atoms with E-state index in [9.17, 15) is 4.39 Å². The number of ether oxygens (including phenoxy) is 1. The molecule has 1 atom stereocenters. The molecule has 0 aliphatic carbocycles. The lowest BCUT2D eigenvalue weighted by Crippen LogP contribution is -2.43. The molecular weight excluding hydrogens is 253 g/mol. The largest absolute Gasteiger partial charge is 0.488 e. The number of hydrogen-bond donors (Lipinski definition) is 1. The third-order valence-electron chi connectivity index (χ3n) is 2.97. The summed E-state index contributed by atoms with van der Waals surface area (Å²) < 4.78 is 18.6. The van der Waals surface area contributed by atoms with Gasteiger partial charge in [-0.3, -0.25) is 0 Å². The molecule has 102 valence electrons. The van der Waals surface area contributed by atoms with Crippen LogP contribution < -0.4 is 10.1 Å². The minimum absolute atomic E-state index is 0.0289. The van der Waals surface area contributed by atoms with Crippen LogP contribution in [-0.4, -0.2) is 18.2 Å². The molecule has 1 rings (SSSR count). The summed E-state index contributed by atoms with van der Waals surface area (Å²) in [7, 11) is 0. The summed E-state index contributed by atoms with van der Waals surface area (Å²) in [5.41, 5.74) is 0.0875. The highest BCUT2D eigenvalue weighted by Gasteiger charge is 2.16. The molecule has 0 spiro atoms. The minimum Gasteiger partial charge on any atom is -0.488 e. The summed E-state index contributed by atoms with van der Waals surface area (Å²) >= 11 is 5.91. The van der Waals surface area contributed by atoms with Crippen LogP contribution in [0.25, 0.3) is 0 Å². The van der Waals surface area contributed by atoms with Crippen molar-refractivity contribution in [1.29, 1.82) is 0 Å². The molecular formula is C14H21ClFNO. The van der Waals surface area contributed by atoms with Crippen LogP contribution in [0.5, 0.6) is 5.75 Å². The van der Waals surface area contributed by atoms with Gasteiger partial charge in [0.2, 0.25) is 0 Å². The highest BCUT2D eigenvalue weighted by atomic mass is 35.5. The molecule has 0 bridgehead atoms. The zero-order chi connectivity index (χ0) is 13.8. The normalized spacial score (nSPS) is 13.4. The first-order valence-corrected chi connectivity index (χ1v) is 6.58. The lowest BCUT2D eigenvalue weighted by molar-refractivity contribution is 0.199. The Kier molecular flexibility index (Phi) is 5.42. The van der Waals surface area contributed by atoms with E-state index in [1.807, 2.05) is 6.92 Å². The lowest BCUT2D eigenvalue weighted by atomic mass is 10.0. The van der Waals surface area contributed by atoms with Crippen LogP contribution in [-0.2, 0) is 0 Å². The van der Waals surface area contributed by atoms with Crippen molar-refractivity contribution in [2.45, 2.75) is 45.8 Å². The van der Waals surface area contributed by atoms with Crippen molar-refractivity contribution >= 4 is 11.6 Å². The van der Waals surface area contributed by atoms with Gasteiger partial charge in [0.05, 0.1) is 5.02 Å². The summed E-state index contributed by atoms with van der Waals surface area (Å²) in [6, 6.07) is 4.16. The second-order valence-electron chi connectivity index (χ2n) is 5.12. The van der Waals surface area contributed by atoms with E-state index in [2.05, 4.69) is 26.1 Å². The maximum absolute atomic E-state index is 12.9. The van der Waals surface area contributed by atoms with Gasteiger partial charge in [0.15, 0.2) is 0 Å². The Morgan fingerprint density at radius 3 is 2.67 bits per heavy atom. The van der Waals surface area contributed by atoms with Crippen molar-refractivity contribution in [1.82, 2.24) is 5.32 Å². The number of rotatable bonds is 6. The molecule has 0 amide bonds. The van der Waals surface area contributed by atoms with Crippen LogP contribution in [0.1, 0.15) is 34.1 Å². The molecule has 1 unspecified atom stereocenters. The van der Waals surface area contributed by atoms with E-state index in [4.69, 9.17) is 16.3 Å². The van der Waals surface area contributed by atoms with Crippen LogP contribution in [0.2, 0.25) is 5.02 Å². The summed E-state index contributed by atoms with van der Waals surface area (Å²) in [5, 5.41) is 3.72. The molecule has 2 nitrogen and oxygen atoms in total. The Morgan fingerprint density at radius 1 is 1.44 bits per heavy atom. The Balaban J connectivity index is 2.52. The average molecular weight is 274 g/mol. The van der Waals surface area contributed by atoms with E-state index in [1.165, 1.54) is 12.1 Å². The first-order valence-electron chi connectivity index (χ1n) is 6.21. The van der Waals surface area contributed by atoms with Gasteiger partial charge in [-0.05, 0) is 45.4 Å². The van der Waals surface area contributed by atoms with Crippen molar-refractivity contribution in [2.75, 3.05) is 6.54 Å². The van der Waals surface area contributed by atoms with Crippen LogP contribution in [0.15, 0.2) is 18.2 Å². The molecule has 18 heavy (non-hydrogen) atoms. The molecule has 0 aliphatic rings. The summed E-state index contributed by atoms with van der Waals surface area (Å²) in [6.07, 6.45) is 1.01. The van der Waals surface area contributed by atoms with Gasteiger partial charge < -0.3 is 10.1 Å². The van der Waals surface area contributed by atoms with Crippen molar-refractivity contribution in [3.63, 3.8) is 0 Å². The van der Waals surface area contributed by atoms with E-state index >= 15 is 0 Å². The molecule has 1 N–H and O–H groups in total. The Hall–Kier alpha value is -0.800. The summed E-state index contributed by atoms with van der Waals surface area (Å²) in [6.45, 7) is 9.09. The smallest absolute Gasteiger partial charge is 0.138 e. The Labute approximate surface area is 113 Å². The van der Waals surface area contributed by atoms with Gasteiger partial charge >= 0.3 is 0 Å². The Morgan fingerprint density at radius 2 is 2.11 bits per heavy atom. The monoisotopic (exact) mass is 273 g/mol. The van der Waals surface area contributed by atoms with Gasteiger partial charge in [-0.1, -0.05) is 18.5 Å². The molecule has 0 radical (unpaired) electrons. The second-order valence-corrected chi connectivity index (χ2v) is 5.53. The van der Waals surface area contributed by atoms with Gasteiger partial charge in [-0.15, -0.1) is 0 Å². The zero-order valence-corrected chi connectivity index (χ0v) is 12.1. The topological polar surface area (TPSA) is 21.3 Å². The molecule has 0 aliphatic heterocycles. The molecule has 0 saturated heterocycles. The first kappa shape index (κ1) is 15.3. The van der Waals surface area contributed by atoms with Crippen LogP contribution in [0.4, 0.5) is 4.39 Å². The van der Waals surface area contributed by atoms with Crippen molar-refractivity contribution in [2.24, 2.45) is 0 Å². The van der Waals surface area contributed by atoms with Crippen molar-refractivity contribution < 1.29 is 9.13 Å². The fraction of sp³-hybridized carbons (Fsp3) is 0.571. The predicted molar refractivity (Wildman–Crippen MR) is 73.9 cm³/mol. The number of hydrogen-bond acceptors (Lipinski definition) is 2. The maximum Gasteiger partial charge on any atom is 0.138 e. The Bertz CT molecular complexity index is 395. The van der Waals surface area contributed by atoms with Gasteiger partial charge in [0, 0.05) is 12.1 Å². The van der Waals surface area contributed by atoms with E-state index < -0.39 is 0 Å². The van der Waals surface area contributed by atoms with Gasteiger partial charge in [-0.2, -0.15) is 0 Å². The van der Waals surface area contributed by atoms with Crippen molar-refractivity contribution in [3.05, 3.63) is 29.0 Å². The van der Waals surface area contributed by atoms with E-state index in [1.54, 1.807) is 6.07 Å². The highest BCUT2D eigenvalue weighted by molar-refractivity contribution is 6.32. The third kappa shape index (κ3) is 4.83. The van der Waals surface area contributed by atoms with E-state index in [-0.39, 0.29) is 17.5 Å². The fourth-order valence-electron chi connectivity index (χ4n) is 1.37. The average Bonchev–Trinajstić information content (AvgIpc) is 2.30. The zero-order valence-electron chi connectivity index (χ0n) is 11.4. The molecule has 1 aromatic carbocycles. The quantitative estimate of drug-likeness (QED) is 0.845. The molecule has 0 saturated carbocycles. The maximum atomic E-state index is 12.9. The highest BCUT2D eigenvalue weighted by Crippen LogP contribution is 2.25. The summed E-state index contributed by atoms with van der Waals surface area (Å²) in [4.78, 5) is 0. The van der Waals surface area contributed by atoms with E-state index in [0.717, 1.165) is 6.42 Å². The molecule has 0 heterocycles. The number of benzene rings is 1. The molecule has 0 fully saturated rings. The fourth-order valence-corrected chi connectivity index (χ4v) is 1.59. The van der Waals surface area contributed by atoms with Crippen molar-refractivity contribution in [3.8, 4) is 5.75 Å². The second kappa shape index (κ2) is 6.39.